The van der Waals surface area contributed by atoms with Gasteiger partial charge in [0.2, 0.25) is 0 Å². The molecule has 0 bridgehead atoms. The smallest absolute Gasteiger partial charge is 0.0724 e. The zero-order chi connectivity index (χ0) is 13.7. The van der Waals surface area contributed by atoms with Crippen molar-refractivity contribution in [3.63, 3.8) is 0 Å². The summed E-state index contributed by atoms with van der Waals surface area (Å²) in [7, 11) is 0. The number of aryl methyl sites for hydroxylation is 1. The van der Waals surface area contributed by atoms with Crippen LogP contribution in [0.15, 0.2) is 18.3 Å². The molecule has 1 aliphatic rings. The molecule has 1 fully saturated rings. The van der Waals surface area contributed by atoms with E-state index in [4.69, 9.17) is 0 Å². The van der Waals surface area contributed by atoms with Crippen LogP contribution >= 0.6 is 23.5 Å². The molecule has 0 radical (unpaired) electrons. The number of hydrogen-bond acceptors (Lipinski definition) is 4. The first kappa shape index (κ1) is 15.2. The van der Waals surface area contributed by atoms with E-state index >= 15 is 0 Å². The van der Waals surface area contributed by atoms with E-state index in [2.05, 4.69) is 31.0 Å². The Morgan fingerprint density at radius 3 is 2.74 bits per heavy atom. The van der Waals surface area contributed by atoms with E-state index in [9.17, 15) is 5.11 Å². The second-order valence-electron chi connectivity index (χ2n) is 4.94. The second kappa shape index (κ2) is 7.55. The van der Waals surface area contributed by atoms with Crippen molar-refractivity contribution in [2.24, 2.45) is 0 Å². The van der Waals surface area contributed by atoms with Crippen molar-refractivity contribution in [1.29, 1.82) is 0 Å². The highest BCUT2D eigenvalue weighted by molar-refractivity contribution is 8.07. The lowest BCUT2D eigenvalue weighted by molar-refractivity contribution is 0.168. The third kappa shape index (κ3) is 4.14. The molecular formula is C15H23NOS2. The average Bonchev–Trinajstić information content (AvgIpc) is 2.48. The number of aromatic nitrogens is 1. The maximum Gasteiger partial charge on any atom is 0.0724 e. The summed E-state index contributed by atoms with van der Waals surface area (Å²) < 4.78 is 0. The second-order valence-corrected chi connectivity index (χ2v) is 7.57. The fourth-order valence-corrected chi connectivity index (χ4v) is 5.56. The molecule has 1 aromatic heterocycles. The Morgan fingerprint density at radius 2 is 2.11 bits per heavy atom. The summed E-state index contributed by atoms with van der Waals surface area (Å²) in [5, 5.41) is 11.4. The van der Waals surface area contributed by atoms with Crippen LogP contribution < -0.4 is 0 Å². The van der Waals surface area contributed by atoms with Gasteiger partial charge >= 0.3 is 0 Å². The largest absolute Gasteiger partial charge is 0.392 e. The van der Waals surface area contributed by atoms with Crippen LogP contribution in [-0.2, 0) is 12.8 Å². The fraction of sp³-hybridized carbons (Fsp3) is 0.667. The summed E-state index contributed by atoms with van der Waals surface area (Å²) in [6.45, 7) is 4.35. The molecule has 106 valence electrons. The molecule has 3 unspecified atom stereocenters. The minimum Gasteiger partial charge on any atom is -0.392 e. The molecule has 2 heterocycles. The zero-order valence-corrected chi connectivity index (χ0v) is 13.3. The summed E-state index contributed by atoms with van der Waals surface area (Å²) in [6.07, 6.45) is 4.49. The van der Waals surface area contributed by atoms with E-state index in [1.54, 1.807) is 0 Å². The van der Waals surface area contributed by atoms with Gasteiger partial charge in [0.15, 0.2) is 0 Å². The lowest BCUT2D eigenvalue weighted by Crippen LogP contribution is -2.37. The molecule has 1 aromatic rings. The highest BCUT2D eigenvalue weighted by atomic mass is 32.2. The fourth-order valence-electron chi connectivity index (χ4n) is 2.41. The van der Waals surface area contributed by atoms with E-state index in [1.807, 2.05) is 29.7 Å². The van der Waals surface area contributed by atoms with Gasteiger partial charge in [-0.1, -0.05) is 19.9 Å². The van der Waals surface area contributed by atoms with Crippen molar-refractivity contribution < 1.29 is 5.11 Å². The number of hydrogen-bond donors (Lipinski definition) is 1. The van der Waals surface area contributed by atoms with Crippen molar-refractivity contribution >= 4 is 23.5 Å². The number of aliphatic hydroxyl groups is 1. The van der Waals surface area contributed by atoms with Crippen LogP contribution in [0.1, 0.15) is 31.5 Å². The molecule has 0 saturated carbocycles. The molecule has 2 rings (SSSR count). The van der Waals surface area contributed by atoms with Crippen molar-refractivity contribution in [3.05, 3.63) is 29.6 Å². The molecule has 1 N–H and O–H groups in total. The van der Waals surface area contributed by atoms with E-state index in [0.29, 0.717) is 16.9 Å². The monoisotopic (exact) mass is 297 g/mol. The van der Waals surface area contributed by atoms with Gasteiger partial charge in [-0.25, -0.2) is 0 Å². The van der Waals surface area contributed by atoms with E-state index in [1.165, 1.54) is 11.3 Å². The molecule has 1 saturated heterocycles. The van der Waals surface area contributed by atoms with Gasteiger partial charge in [0.05, 0.1) is 6.10 Å². The van der Waals surface area contributed by atoms with Gasteiger partial charge < -0.3 is 5.11 Å². The van der Waals surface area contributed by atoms with Crippen LogP contribution in [0, 0.1) is 0 Å². The zero-order valence-electron chi connectivity index (χ0n) is 11.7. The molecule has 4 heteroatoms. The van der Waals surface area contributed by atoms with Crippen LogP contribution in [0.5, 0.6) is 0 Å². The predicted molar refractivity (Wildman–Crippen MR) is 86.1 cm³/mol. The maximum atomic E-state index is 10.5. The van der Waals surface area contributed by atoms with Gasteiger partial charge in [0.1, 0.15) is 0 Å². The van der Waals surface area contributed by atoms with Crippen LogP contribution in [0.2, 0.25) is 0 Å². The quantitative estimate of drug-likeness (QED) is 0.905. The van der Waals surface area contributed by atoms with E-state index < -0.39 is 0 Å². The lowest BCUT2D eigenvalue weighted by Gasteiger charge is -2.33. The summed E-state index contributed by atoms with van der Waals surface area (Å²) >= 11 is 3.95. The van der Waals surface area contributed by atoms with Crippen molar-refractivity contribution in [1.82, 2.24) is 4.98 Å². The number of rotatable bonds is 5. The topological polar surface area (TPSA) is 33.1 Å². The standard InChI is InChI=1S/C15H23NOS2/c1-3-11-5-6-12(16-10-11)9-13(17)15-14(4-2)18-7-8-19-15/h5-6,10,13-15,17H,3-4,7-9H2,1-2H3. The summed E-state index contributed by atoms with van der Waals surface area (Å²) in [5.41, 5.74) is 2.27. The third-order valence-corrected chi connectivity index (χ3v) is 6.98. The first-order valence-electron chi connectivity index (χ1n) is 7.09. The number of thioether (sulfide) groups is 2. The summed E-state index contributed by atoms with van der Waals surface area (Å²) in [4.78, 5) is 4.46. The Morgan fingerprint density at radius 1 is 1.32 bits per heavy atom. The van der Waals surface area contributed by atoms with Gasteiger partial charge in [-0.2, -0.15) is 23.5 Å². The van der Waals surface area contributed by atoms with Gasteiger partial charge in [0.25, 0.3) is 0 Å². The third-order valence-electron chi connectivity index (χ3n) is 3.59. The number of pyridine rings is 1. The highest BCUT2D eigenvalue weighted by Crippen LogP contribution is 2.35. The molecule has 2 nitrogen and oxygen atoms in total. The van der Waals surface area contributed by atoms with Crippen molar-refractivity contribution in [3.8, 4) is 0 Å². The van der Waals surface area contributed by atoms with E-state index in [0.717, 1.165) is 24.3 Å². The van der Waals surface area contributed by atoms with Gasteiger partial charge in [-0.05, 0) is 24.5 Å². The number of aliphatic hydroxyl groups excluding tert-OH is 1. The molecule has 0 aliphatic carbocycles. The maximum absolute atomic E-state index is 10.5. The highest BCUT2D eigenvalue weighted by Gasteiger charge is 2.31. The molecule has 0 aromatic carbocycles. The SMILES string of the molecule is CCc1ccc(CC(O)C2SCCSC2CC)nc1. The molecular weight excluding hydrogens is 274 g/mol. The van der Waals surface area contributed by atoms with Gasteiger partial charge in [-0.15, -0.1) is 0 Å². The lowest BCUT2D eigenvalue weighted by atomic mass is 10.1. The molecule has 1 aliphatic heterocycles. The molecule has 3 atom stereocenters. The minimum absolute atomic E-state index is 0.275. The van der Waals surface area contributed by atoms with Gasteiger partial charge in [0, 0.05) is 40.3 Å². The molecule has 0 spiro atoms. The average molecular weight is 297 g/mol. The Hall–Kier alpha value is -0.190. The van der Waals surface area contributed by atoms with Crippen LogP contribution in [0.4, 0.5) is 0 Å². The first-order chi connectivity index (χ1) is 9.24. The Bertz CT molecular complexity index is 382. The van der Waals surface area contributed by atoms with Crippen molar-refractivity contribution in [2.45, 2.75) is 49.7 Å². The van der Waals surface area contributed by atoms with Crippen LogP contribution in [0.25, 0.3) is 0 Å². The predicted octanol–water partition coefficient (Wildman–Crippen LogP) is 3.17. The molecule has 0 amide bonds. The summed E-state index contributed by atoms with van der Waals surface area (Å²) in [5.74, 6) is 2.38. The van der Waals surface area contributed by atoms with E-state index in [-0.39, 0.29) is 6.10 Å². The Balaban J connectivity index is 1.96. The normalized spacial score (nSPS) is 25.2. The summed E-state index contributed by atoms with van der Waals surface area (Å²) in [6, 6.07) is 4.18. The van der Waals surface area contributed by atoms with Crippen LogP contribution in [-0.4, -0.2) is 38.2 Å². The molecule has 19 heavy (non-hydrogen) atoms. The minimum atomic E-state index is -0.275. The first-order valence-corrected chi connectivity index (χ1v) is 9.19. The van der Waals surface area contributed by atoms with Crippen LogP contribution in [0.3, 0.4) is 0 Å². The Kier molecular flexibility index (Phi) is 6.05. The Labute approximate surface area is 124 Å². The number of nitrogens with zero attached hydrogens (tertiary/aromatic N) is 1. The van der Waals surface area contributed by atoms with Gasteiger partial charge in [-0.3, -0.25) is 4.98 Å². The van der Waals surface area contributed by atoms with Crippen molar-refractivity contribution in [2.75, 3.05) is 11.5 Å².